The number of benzene rings is 1. The highest BCUT2D eigenvalue weighted by Gasteiger charge is 2.40. The van der Waals surface area contributed by atoms with E-state index in [1.165, 1.54) is 18.2 Å². The summed E-state index contributed by atoms with van der Waals surface area (Å²) in [4.78, 5) is 12.0. The summed E-state index contributed by atoms with van der Waals surface area (Å²) in [6.45, 7) is 0.460. The number of thioether (sulfide) groups is 1. The van der Waals surface area contributed by atoms with E-state index >= 15 is 0 Å². The van der Waals surface area contributed by atoms with Crippen LogP contribution in [0.15, 0.2) is 18.2 Å². The Morgan fingerprint density at radius 3 is 2.87 bits per heavy atom. The Labute approximate surface area is 138 Å². The Morgan fingerprint density at radius 1 is 1.39 bits per heavy atom. The van der Waals surface area contributed by atoms with Gasteiger partial charge in [0.05, 0.1) is 12.1 Å². The molecule has 0 radical (unpaired) electrons. The number of hydrogen-bond donors (Lipinski definition) is 2. The molecule has 2 aliphatic rings. The van der Waals surface area contributed by atoms with E-state index in [-0.39, 0.29) is 23.8 Å². The SMILES string of the molecule is O=C(NCc1c(F)cccc1F)N[C@H]1CCO[C@]2(CCSC2)C1. The molecule has 1 spiro atoms. The average Bonchev–Trinajstić information content (AvgIpc) is 2.94. The van der Waals surface area contributed by atoms with Crippen LogP contribution in [0.5, 0.6) is 0 Å². The van der Waals surface area contributed by atoms with Crippen molar-refractivity contribution in [3.63, 3.8) is 0 Å². The Bertz CT molecular complexity index is 559. The number of amides is 2. The van der Waals surface area contributed by atoms with Crippen LogP contribution in [0.4, 0.5) is 13.6 Å². The summed E-state index contributed by atoms with van der Waals surface area (Å²) >= 11 is 1.87. The topological polar surface area (TPSA) is 50.4 Å². The molecule has 4 nitrogen and oxygen atoms in total. The van der Waals surface area contributed by atoms with Crippen LogP contribution in [0, 0.1) is 11.6 Å². The van der Waals surface area contributed by atoms with Crippen molar-refractivity contribution in [2.24, 2.45) is 0 Å². The lowest BCUT2D eigenvalue weighted by Gasteiger charge is -2.37. The summed E-state index contributed by atoms with van der Waals surface area (Å²) in [6.07, 6.45) is 2.56. The highest BCUT2D eigenvalue weighted by Crippen LogP contribution is 2.38. The first kappa shape index (κ1) is 16.5. The third kappa shape index (κ3) is 3.95. The second kappa shape index (κ2) is 7.05. The lowest BCUT2D eigenvalue weighted by atomic mass is 9.90. The number of carbonyl (C=O) groups is 1. The molecule has 0 unspecified atom stereocenters. The second-order valence-corrected chi connectivity index (χ2v) is 7.16. The minimum Gasteiger partial charge on any atom is -0.374 e. The number of urea groups is 1. The van der Waals surface area contributed by atoms with Crippen LogP contribution >= 0.6 is 11.8 Å². The minimum absolute atomic E-state index is 0.0351. The molecular weight excluding hydrogens is 322 g/mol. The summed E-state index contributed by atoms with van der Waals surface area (Å²) in [5.74, 6) is 0.746. The monoisotopic (exact) mass is 342 g/mol. The number of ether oxygens (including phenoxy) is 1. The highest BCUT2D eigenvalue weighted by molar-refractivity contribution is 7.99. The van der Waals surface area contributed by atoms with E-state index in [4.69, 9.17) is 4.74 Å². The minimum atomic E-state index is -0.654. The predicted molar refractivity (Wildman–Crippen MR) is 85.4 cm³/mol. The number of carbonyl (C=O) groups excluding carboxylic acids is 1. The van der Waals surface area contributed by atoms with Crippen LogP contribution in [0.1, 0.15) is 24.8 Å². The molecule has 0 saturated carbocycles. The van der Waals surface area contributed by atoms with Gasteiger partial charge in [-0.1, -0.05) is 6.07 Å². The molecule has 1 aromatic rings. The molecule has 0 aromatic heterocycles. The van der Waals surface area contributed by atoms with Gasteiger partial charge in [0.25, 0.3) is 0 Å². The largest absolute Gasteiger partial charge is 0.374 e. The van der Waals surface area contributed by atoms with Crippen LogP contribution < -0.4 is 10.6 Å². The zero-order valence-electron chi connectivity index (χ0n) is 12.7. The standard InChI is InChI=1S/C16H20F2N2O2S/c17-13-2-1-3-14(18)12(13)9-19-15(21)20-11-4-6-22-16(8-11)5-7-23-10-16/h1-3,11H,4-10H2,(H2,19,20,21)/t11-,16+/m0/s1. The number of rotatable bonds is 3. The lowest BCUT2D eigenvalue weighted by molar-refractivity contribution is -0.0684. The molecule has 126 valence electrons. The molecular formula is C16H20F2N2O2S. The summed E-state index contributed by atoms with van der Waals surface area (Å²) in [7, 11) is 0. The molecule has 2 aliphatic heterocycles. The molecule has 1 aromatic carbocycles. The highest BCUT2D eigenvalue weighted by atomic mass is 32.2. The molecule has 7 heteroatoms. The smallest absolute Gasteiger partial charge is 0.315 e. The molecule has 2 atom stereocenters. The maximum absolute atomic E-state index is 13.5. The van der Waals surface area contributed by atoms with Crippen molar-refractivity contribution in [3.8, 4) is 0 Å². The van der Waals surface area contributed by atoms with Crippen molar-refractivity contribution in [3.05, 3.63) is 35.4 Å². The Kier molecular flexibility index (Phi) is 5.06. The quantitative estimate of drug-likeness (QED) is 0.888. The zero-order chi connectivity index (χ0) is 16.3. The number of hydrogen-bond acceptors (Lipinski definition) is 3. The van der Waals surface area contributed by atoms with E-state index in [1.54, 1.807) is 0 Å². The van der Waals surface area contributed by atoms with E-state index in [9.17, 15) is 13.6 Å². The van der Waals surface area contributed by atoms with Gasteiger partial charge in [-0.25, -0.2) is 13.6 Å². The van der Waals surface area contributed by atoms with Gasteiger partial charge < -0.3 is 15.4 Å². The molecule has 0 bridgehead atoms. The van der Waals surface area contributed by atoms with Crippen molar-refractivity contribution in [1.29, 1.82) is 0 Å². The zero-order valence-corrected chi connectivity index (χ0v) is 13.6. The van der Waals surface area contributed by atoms with Gasteiger partial charge in [0.15, 0.2) is 0 Å². The van der Waals surface area contributed by atoms with Gasteiger partial charge in [0.1, 0.15) is 11.6 Å². The van der Waals surface area contributed by atoms with Gasteiger partial charge in [-0.2, -0.15) is 11.8 Å². The van der Waals surface area contributed by atoms with Crippen LogP contribution in [-0.2, 0) is 11.3 Å². The first-order valence-corrected chi connectivity index (χ1v) is 8.92. The number of nitrogens with one attached hydrogen (secondary N) is 2. The fourth-order valence-corrected chi connectivity index (χ4v) is 4.50. The van der Waals surface area contributed by atoms with Crippen molar-refractivity contribution >= 4 is 17.8 Å². The van der Waals surface area contributed by atoms with E-state index < -0.39 is 17.7 Å². The van der Waals surface area contributed by atoms with Gasteiger partial charge in [0.2, 0.25) is 0 Å². The van der Waals surface area contributed by atoms with Gasteiger partial charge in [-0.05, 0) is 37.1 Å². The summed E-state index contributed by atoms with van der Waals surface area (Å²) < 4.78 is 33.0. The Balaban J connectivity index is 1.51. The summed E-state index contributed by atoms with van der Waals surface area (Å²) in [6, 6.07) is 3.29. The molecule has 2 amide bonds. The van der Waals surface area contributed by atoms with Gasteiger partial charge >= 0.3 is 6.03 Å². The first-order valence-electron chi connectivity index (χ1n) is 7.77. The van der Waals surface area contributed by atoms with Crippen LogP contribution in [0.3, 0.4) is 0 Å². The summed E-state index contributed by atoms with van der Waals surface area (Å²) in [5, 5.41) is 5.43. The summed E-state index contributed by atoms with van der Waals surface area (Å²) in [5.41, 5.74) is -0.239. The van der Waals surface area contributed by atoms with Crippen molar-refractivity contribution in [2.45, 2.75) is 37.5 Å². The number of halogens is 2. The van der Waals surface area contributed by atoms with E-state index in [1.807, 2.05) is 11.8 Å². The van der Waals surface area contributed by atoms with E-state index in [0.29, 0.717) is 6.61 Å². The van der Waals surface area contributed by atoms with E-state index in [0.717, 1.165) is 30.8 Å². The van der Waals surface area contributed by atoms with Gasteiger partial charge in [-0.15, -0.1) is 0 Å². The molecule has 2 heterocycles. The Morgan fingerprint density at radius 2 is 2.17 bits per heavy atom. The van der Waals surface area contributed by atoms with Crippen molar-refractivity contribution in [2.75, 3.05) is 18.1 Å². The maximum Gasteiger partial charge on any atom is 0.315 e. The lowest BCUT2D eigenvalue weighted by Crippen LogP contribution is -2.50. The van der Waals surface area contributed by atoms with E-state index in [2.05, 4.69) is 10.6 Å². The van der Waals surface area contributed by atoms with Crippen LogP contribution in [0.25, 0.3) is 0 Å². The van der Waals surface area contributed by atoms with Crippen LogP contribution in [0.2, 0.25) is 0 Å². The molecule has 0 aliphatic carbocycles. The molecule has 23 heavy (non-hydrogen) atoms. The normalized spacial score (nSPS) is 27.1. The fraction of sp³-hybridized carbons (Fsp3) is 0.562. The molecule has 3 rings (SSSR count). The third-order valence-corrected chi connectivity index (χ3v) is 5.61. The molecule has 2 fully saturated rings. The Hall–Kier alpha value is -1.34. The fourth-order valence-electron chi connectivity index (χ4n) is 3.12. The average molecular weight is 342 g/mol. The van der Waals surface area contributed by atoms with Gasteiger partial charge in [0, 0.05) is 24.0 Å². The molecule has 2 saturated heterocycles. The van der Waals surface area contributed by atoms with Gasteiger partial charge in [-0.3, -0.25) is 0 Å². The van der Waals surface area contributed by atoms with Crippen LogP contribution in [-0.4, -0.2) is 35.8 Å². The first-order chi connectivity index (χ1) is 11.1. The second-order valence-electron chi connectivity index (χ2n) is 6.05. The molecule has 2 N–H and O–H groups in total. The van der Waals surface area contributed by atoms with Crippen molar-refractivity contribution < 1.29 is 18.3 Å². The predicted octanol–water partition coefficient (Wildman–Crippen LogP) is 2.82. The maximum atomic E-state index is 13.5. The third-order valence-electron chi connectivity index (χ3n) is 4.38. The van der Waals surface area contributed by atoms with Crippen molar-refractivity contribution in [1.82, 2.24) is 10.6 Å².